The molecule has 7 heteroatoms. The van der Waals surface area contributed by atoms with Gasteiger partial charge in [-0.05, 0) is 0 Å². The molecule has 104 valence electrons. The van der Waals surface area contributed by atoms with E-state index in [1.54, 1.807) is 0 Å². The molecule has 2 N–H and O–H groups in total. The molecule has 0 aliphatic carbocycles. The van der Waals surface area contributed by atoms with E-state index in [9.17, 15) is 4.79 Å². The number of benzene rings is 1. The van der Waals surface area contributed by atoms with Crippen LogP contribution in [0.5, 0.6) is 0 Å². The predicted molar refractivity (Wildman–Crippen MR) is 76.5 cm³/mol. The highest BCUT2D eigenvalue weighted by Gasteiger charge is 2.30. The van der Waals surface area contributed by atoms with Crippen molar-refractivity contribution in [3.05, 3.63) is 30.3 Å². The average molecular weight is 290 g/mol. The normalized spacial score (nSPS) is 19.0. The molecule has 0 radical (unpaired) electrons. The fourth-order valence-electron chi connectivity index (χ4n) is 2.10. The molecular weight excluding hydrogens is 276 g/mol. The Kier molecular flexibility index (Phi) is 3.62. The minimum atomic E-state index is -0.472. The number of aromatic nitrogens is 2. The minimum Gasteiger partial charge on any atom is -0.377 e. The standard InChI is InChI=1S/C13H14N4O2S/c14-11(18)10-8-19-7-6-17(10)13-15-12(16-20-13)9-4-2-1-3-5-9/h1-5,10H,6-8H2,(H2,14,18)/t10-/m1/s1. The van der Waals surface area contributed by atoms with Crippen LogP contribution in [-0.2, 0) is 9.53 Å². The molecule has 1 fully saturated rings. The van der Waals surface area contributed by atoms with Crippen LogP contribution in [0.15, 0.2) is 30.3 Å². The number of ether oxygens (including phenoxy) is 1. The van der Waals surface area contributed by atoms with Crippen molar-refractivity contribution in [2.75, 3.05) is 24.7 Å². The molecule has 1 aliphatic rings. The van der Waals surface area contributed by atoms with E-state index in [-0.39, 0.29) is 0 Å². The van der Waals surface area contributed by atoms with Crippen molar-refractivity contribution >= 4 is 22.6 Å². The smallest absolute Gasteiger partial charge is 0.242 e. The van der Waals surface area contributed by atoms with E-state index < -0.39 is 11.9 Å². The fraction of sp³-hybridized carbons (Fsp3) is 0.308. The van der Waals surface area contributed by atoms with E-state index in [4.69, 9.17) is 10.5 Å². The lowest BCUT2D eigenvalue weighted by Crippen LogP contribution is -2.52. The van der Waals surface area contributed by atoms with Gasteiger partial charge in [-0.2, -0.15) is 9.36 Å². The van der Waals surface area contributed by atoms with Crippen molar-refractivity contribution in [2.24, 2.45) is 5.73 Å². The maximum atomic E-state index is 11.5. The van der Waals surface area contributed by atoms with Gasteiger partial charge < -0.3 is 15.4 Å². The van der Waals surface area contributed by atoms with E-state index in [0.717, 1.165) is 5.56 Å². The van der Waals surface area contributed by atoms with E-state index in [1.165, 1.54) is 11.5 Å². The summed E-state index contributed by atoms with van der Waals surface area (Å²) >= 11 is 1.27. The quantitative estimate of drug-likeness (QED) is 0.908. The summed E-state index contributed by atoms with van der Waals surface area (Å²) in [7, 11) is 0. The second-order valence-electron chi connectivity index (χ2n) is 4.45. The molecule has 1 saturated heterocycles. The zero-order valence-corrected chi connectivity index (χ0v) is 11.5. The largest absolute Gasteiger partial charge is 0.377 e. The van der Waals surface area contributed by atoms with Gasteiger partial charge in [-0.3, -0.25) is 4.79 Å². The third kappa shape index (κ3) is 2.50. The summed E-state index contributed by atoms with van der Waals surface area (Å²) in [5.41, 5.74) is 6.37. The lowest BCUT2D eigenvalue weighted by molar-refractivity contribution is -0.121. The molecule has 2 aromatic rings. The van der Waals surface area contributed by atoms with Crippen molar-refractivity contribution < 1.29 is 9.53 Å². The van der Waals surface area contributed by atoms with Gasteiger partial charge in [-0.25, -0.2) is 0 Å². The van der Waals surface area contributed by atoms with Gasteiger partial charge in [-0.1, -0.05) is 30.3 Å². The van der Waals surface area contributed by atoms with Gasteiger partial charge >= 0.3 is 0 Å². The summed E-state index contributed by atoms with van der Waals surface area (Å²) < 4.78 is 9.65. The molecule has 1 aromatic carbocycles. The van der Waals surface area contributed by atoms with Crippen molar-refractivity contribution in [1.82, 2.24) is 9.36 Å². The summed E-state index contributed by atoms with van der Waals surface area (Å²) in [6, 6.07) is 9.27. The van der Waals surface area contributed by atoms with E-state index in [0.29, 0.717) is 30.7 Å². The SMILES string of the molecule is NC(=O)[C@H]1COCCN1c1nc(-c2ccccc2)ns1. The van der Waals surface area contributed by atoms with Gasteiger partial charge in [-0.15, -0.1) is 0 Å². The maximum absolute atomic E-state index is 11.5. The lowest BCUT2D eigenvalue weighted by Gasteiger charge is -2.32. The third-order valence-corrected chi connectivity index (χ3v) is 3.90. The first-order valence-electron chi connectivity index (χ1n) is 6.28. The van der Waals surface area contributed by atoms with Crippen LogP contribution >= 0.6 is 11.5 Å². The molecule has 2 heterocycles. The Labute approximate surface area is 120 Å². The molecule has 20 heavy (non-hydrogen) atoms. The van der Waals surface area contributed by atoms with Crippen molar-refractivity contribution in [3.63, 3.8) is 0 Å². The summed E-state index contributed by atoms with van der Waals surface area (Å²) in [6.45, 7) is 1.46. The Morgan fingerprint density at radius 3 is 2.95 bits per heavy atom. The zero-order chi connectivity index (χ0) is 13.9. The molecule has 6 nitrogen and oxygen atoms in total. The molecule has 0 saturated carbocycles. The summed E-state index contributed by atoms with van der Waals surface area (Å²) in [6.07, 6.45) is 0. The van der Waals surface area contributed by atoms with Crippen LogP contribution < -0.4 is 10.6 Å². The number of primary amides is 1. The number of carbonyl (C=O) groups is 1. The lowest BCUT2D eigenvalue weighted by atomic mass is 10.2. The van der Waals surface area contributed by atoms with Crippen LogP contribution in [0.1, 0.15) is 0 Å². The molecule has 1 aromatic heterocycles. The first-order valence-corrected chi connectivity index (χ1v) is 7.06. The van der Waals surface area contributed by atoms with Gasteiger partial charge in [0.05, 0.1) is 13.2 Å². The Hall–Kier alpha value is -1.99. The van der Waals surface area contributed by atoms with Crippen LogP contribution in [-0.4, -0.2) is 41.1 Å². The van der Waals surface area contributed by atoms with E-state index in [1.807, 2.05) is 35.2 Å². The maximum Gasteiger partial charge on any atom is 0.242 e. The first kappa shape index (κ1) is 13.0. The topological polar surface area (TPSA) is 81.3 Å². The van der Waals surface area contributed by atoms with Crippen LogP contribution in [0.25, 0.3) is 11.4 Å². The number of amides is 1. The van der Waals surface area contributed by atoms with E-state index in [2.05, 4.69) is 9.36 Å². The monoisotopic (exact) mass is 290 g/mol. The number of nitrogens with two attached hydrogens (primary N) is 1. The predicted octanol–water partition coefficient (Wildman–Crippen LogP) is 0.896. The summed E-state index contributed by atoms with van der Waals surface area (Å²) in [4.78, 5) is 17.8. The molecular formula is C13H14N4O2S. The summed E-state index contributed by atoms with van der Waals surface area (Å²) in [5.74, 6) is 0.265. The van der Waals surface area contributed by atoms with Crippen LogP contribution in [0.3, 0.4) is 0 Å². The van der Waals surface area contributed by atoms with Gasteiger partial charge in [0.2, 0.25) is 11.0 Å². The Morgan fingerprint density at radius 2 is 2.20 bits per heavy atom. The highest BCUT2D eigenvalue weighted by Crippen LogP contribution is 2.26. The summed E-state index contributed by atoms with van der Waals surface area (Å²) in [5, 5.41) is 0.705. The Balaban J connectivity index is 1.87. The molecule has 1 aliphatic heterocycles. The van der Waals surface area contributed by atoms with Crippen LogP contribution in [0.2, 0.25) is 0 Å². The van der Waals surface area contributed by atoms with Crippen molar-refractivity contribution in [2.45, 2.75) is 6.04 Å². The Bertz CT molecular complexity index is 601. The number of hydrogen-bond acceptors (Lipinski definition) is 6. The van der Waals surface area contributed by atoms with Gasteiger partial charge in [0, 0.05) is 23.6 Å². The second-order valence-corrected chi connectivity index (χ2v) is 5.18. The molecule has 0 unspecified atom stereocenters. The van der Waals surface area contributed by atoms with Gasteiger partial charge in [0.15, 0.2) is 5.82 Å². The highest BCUT2D eigenvalue weighted by molar-refractivity contribution is 7.09. The minimum absolute atomic E-state index is 0.301. The zero-order valence-electron chi connectivity index (χ0n) is 10.7. The molecule has 3 rings (SSSR count). The average Bonchev–Trinajstić information content (AvgIpc) is 2.98. The van der Waals surface area contributed by atoms with Crippen LogP contribution in [0.4, 0.5) is 5.13 Å². The molecule has 0 bridgehead atoms. The number of rotatable bonds is 3. The van der Waals surface area contributed by atoms with Crippen LogP contribution in [0, 0.1) is 0 Å². The van der Waals surface area contributed by atoms with Crippen molar-refractivity contribution in [1.29, 1.82) is 0 Å². The molecule has 1 amide bonds. The first-order chi connectivity index (χ1) is 9.75. The highest BCUT2D eigenvalue weighted by atomic mass is 32.1. The number of morpholine rings is 1. The third-order valence-electron chi connectivity index (χ3n) is 3.15. The molecule has 1 atom stereocenters. The molecule has 0 spiro atoms. The van der Waals surface area contributed by atoms with E-state index >= 15 is 0 Å². The second kappa shape index (κ2) is 5.56. The van der Waals surface area contributed by atoms with Gasteiger partial charge in [0.25, 0.3) is 0 Å². The number of carbonyl (C=O) groups excluding carboxylic acids is 1. The number of hydrogen-bond donors (Lipinski definition) is 1. The number of anilines is 1. The van der Waals surface area contributed by atoms with Gasteiger partial charge in [0.1, 0.15) is 6.04 Å². The Morgan fingerprint density at radius 1 is 1.40 bits per heavy atom. The number of nitrogens with zero attached hydrogens (tertiary/aromatic N) is 3. The van der Waals surface area contributed by atoms with Crippen molar-refractivity contribution in [3.8, 4) is 11.4 Å². The fourth-order valence-corrected chi connectivity index (χ4v) is 2.87.